The molecule has 12 heteroatoms. The normalized spacial score (nSPS) is 11.2. The highest BCUT2D eigenvalue weighted by Gasteiger charge is 2.28. The molecular weight excluding hydrogens is 532 g/mol. The summed E-state index contributed by atoms with van der Waals surface area (Å²) in [6.45, 7) is -3.05. The molecule has 1 amide bonds. The van der Waals surface area contributed by atoms with Crippen molar-refractivity contribution < 1.29 is 31.8 Å². The van der Waals surface area contributed by atoms with E-state index in [0.29, 0.717) is 5.52 Å². The molecule has 0 fully saturated rings. The Balaban J connectivity index is 1.67. The number of ether oxygens (including phenoxy) is 2. The lowest BCUT2D eigenvalue weighted by atomic mass is 10.1. The third-order valence-corrected chi connectivity index (χ3v) is 6.14. The van der Waals surface area contributed by atoms with Gasteiger partial charge in [-0.1, -0.05) is 18.2 Å². The molecule has 1 N–H and O–H groups in total. The average molecular weight is 552 g/mol. The number of amides is 1. The number of hydrogen-bond donors (Lipinski definition) is 1. The van der Waals surface area contributed by atoms with Crippen molar-refractivity contribution in [3.63, 3.8) is 0 Å². The fourth-order valence-electron chi connectivity index (χ4n) is 4.30. The molecule has 2 heterocycles. The van der Waals surface area contributed by atoms with E-state index in [-0.39, 0.29) is 28.6 Å². The van der Waals surface area contributed by atoms with Crippen LogP contribution in [-0.2, 0) is 7.05 Å². The Bertz CT molecular complexity index is 1780. The van der Waals surface area contributed by atoms with E-state index >= 15 is 8.78 Å². The summed E-state index contributed by atoms with van der Waals surface area (Å²) < 4.78 is 66.9. The highest BCUT2D eigenvalue weighted by atomic mass is 19.3. The molecule has 40 heavy (non-hydrogen) atoms. The zero-order chi connectivity index (χ0) is 28.6. The maximum atomic E-state index is 15.3. The summed E-state index contributed by atoms with van der Waals surface area (Å²) in [5.74, 6) is -3.05. The first-order chi connectivity index (χ1) is 19.2. The van der Waals surface area contributed by atoms with E-state index in [4.69, 9.17) is 4.74 Å². The molecule has 2 aromatic heterocycles. The van der Waals surface area contributed by atoms with Crippen LogP contribution >= 0.6 is 0 Å². The lowest BCUT2D eigenvalue weighted by Crippen LogP contribution is -2.23. The van der Waals surface area contributed by atoms with Crippen LogP contribution in [0.5, 0.6) is 11.5 Å². The SMILES string of the molecule is COc1cc(F)c(-c2c(NC(=O)c3ccc(OC(F)F)cc3)c(=O)n(-c3ccc4ccccc4n3)n2C)c(F)c1. The second kappa shape index (κ2) is 10.6. The quantitative estimate of drug-likeness (QED) is 0.268. The zero-order valence-corrected chi connectivity index (χ0v) is 21.0. The van der Waals surface area contributed by atoms with Gasteiger partial charge >= 0.3 is 6.61 Å². The van der Waals surface area contributed by atoms with E-state index in [1.54, 1.807) is 24.3 Å². The highest BCUT2D eigenvalue weighted by molar-refractivity contribution is 6.06. The molecule has 5 rings (SSSR count). The van der Waals surface area contributed by atoms with Gasteiger partial charge in [0, 0.05) is 30.1 Å². The number of carbonyl (C=O) groups excluding carboxylic acids is 1. The Morgan fingerprint density at radius 3 is 2.27 bits per heavy atom. The molecule has 0 saturated carbocycles. The minimum atomic E-state index is -3.05. The third-order valence-electron chi connectivity index (χ3n) is 6.14. The van der Waals surface area contributed by atoms with E-state index in [1.807, 2.05) is 12.1 Å². The number of hydrogen-bond acceptors (Lipinski definition) is 5. The lowest BCUT2D eigenvalue weighted by Gasteiger charge is -2.13. The molecule has 8 nitrogen and oxygen atoms in total. The molecule has 3 aromatic carbocycles. The number of nitrogens with one attached hydrogen (secondary N) is 1. The van der Waals surface area contributed by atoms with Crippen LogP contribution in [0.2, 0.25) is 0 Å². The van der Waals surface area contributed by atoms with Gasteiger partial charge in [0.15, 0.2) is 5.82 Å². The monoisotopic (exact) mass is 552 g/mol. The van der Waals surface area contributed by atoms with Crippen molar-refractivity contribution in [2.75, 3.05) is 12.4 Å². The molecule has 0 atom stereocenters. The van der Waals surface area contributed by atoms with Gasteiger partial charge in [-0.05, 0) is 42.5 Å². The van der Waals surface area contributed by atoms with Crippen LogP contribution in [0.3, 0.4) is 0 Å². The van der Waals surface area contributed by atoms with Crippen molar-refractivity contribution in [3.05, 3.63) is 100 Å². The van der Waals surface area contributed by atoms with Gasteiger partial charge in [0.25, 0.3) is 11.5 Å². The predicted molar refractivity (Wildman–Crippen MR) is 139 cm³/mol. The zero-order valence-electron chi connectivity index (χ0n) is 21.0. The van der Waals surface area contributed by atoms with Crippen molar-refractivity contribution >= 4 is 22.5 Å². The van der Waals surface area contributed by atoms with Crippen LogP contribution in [0.4, 0.5) is 23.2 Å². The fourth-order valence-corrected chi connectivity index (χ4v) is 4.30. The van der Waals surface area contributed by atoms with Crippen molar-refractivity contribution in [3.8, 4) is 28.6 Å². The lowest BCUT2D eigenvalue weighted by molar-refractivity contribution is -0.0498. The number of rotatable bonds is 7. The number of nitrogens with zero attached hydrogens (tertiary/aromatic N) is 3. The molecule has 0 bridgehead atoms. The number of aromatic nitrogens is 3. The maximum Gasteiger partial charge on any atom is 0.387 e. The summed E-state index contributed by atoms with van der Waals surface area (Å²) in [6, 6.07) is 17.0. The van der Waals surface area contributed by atoms with Crippen LogP contribution in [0.15, 0.2) is 77.6 Å². The number of benzene rings is 3. The van der Waals surface area contributed by atoms with E-state index < -0.39 is 41.0 Å². The smallest absolute Gasteiger partial charge is 0.387 e. The largest absolute Gasteiger partial charge is 0.497 e. The summed E-state index contributed by atoms with van der Waals surface area (Å²) in [5, 5.41) is 3.23. The molecule has 0 radical (unpaired) electrons. The summed E-state index contributed by atoms with van der Waals surface area (Å²) in [6.07, 6.45) is 0. The number of pyridine rings is 1. The van der Waals surface area contributed by atoms with Crippen LogP contribution in [0, 0.1) is 11.6 Å². The first-order valence-electron chi connectivity index (χ1n) is 11.8. The molecule has 0 unspecified atom stereocenters. The molecule has 0 saturated heterocycles. The second-order valence-electron chi connectivity index (χ2n) is 8.55. The topological polar surface area (TPSA) is 87.4 Å². The van der Waals surface area contributed by atoms with Gasteiger partial charge < -0.3 is 14.8 Å². The Labute approximate surface area is 224 Å². The number of carbonyl (C=O) groups is 1. The van der Waals surface area contributed by atoms with Gasteiger partial charge in [-0.15, -0.1) is 0 Å². The summed E-state index contributed by atoms with van der Waals surface area (Å²) in [7, 11) is 2.64. The molecule has 0 spiro atoms. The average Bonchev–Trinajstić information content (AvgIpc) is 3.16. The summed E-state index contributed by atoms with van der Waals surface area (Å²) in [5.41, 5.74) is -1.58. The van der Waals surface area contributed by atoms with Crippen LogP contribution in [-0.4, -0.2) is 34.0 Å². The maximum absolute atomic E-state index is 15.3. The van der Waals surface area contributed by atoms with Gasteiger partial charge in [0.05, 0.1) is 18.2 Å². The second-order valence-corrected chi connectivity index (χ2v) is 8.55. The van der Waals surface area contributed by atoms with E-state index in [0.717, 1.165) is 34.3 Å². The number of methoxy groups -OCH3 is 1. The standard InChI is InChI=1S/C28H20F4N4O4/c1-35-25(23-19(29)13-18(39-2)14-20(23)30)24(34-26(37)16-7-10-17(11-8-16)40-28(31)32)27(38)36(35)22-12-9-15-5-3-4-6-21(15)33-22/h3-14,28H,1-2H3,(H,34,37). The fraction of sp³-hybridized carbons (Fsp3) is 0.107. The Kier molecular flexibility index (Phi) is 6.99. The minimum Gasteiger partial charge on any atom is -0.497 e. The first-order valence-corrected chi connectivity index (χ1v) is 11.8. The van der Waals surface area contributed by atoms with Gasteiger partial charge in [0.2, 0.25) is 0 Å². The Morgan fingerprint density at radius 1 is 0.950 bits per heavy atom. The van der Waals surface area contributed by atoms with Crippen molar-refractivity contribution in [2.45, 2.75) is 6.61 Å². The molecule has 204 valence electrons. The van der Waals surface area contributed by atoms with Crippen LogP contribution in [0.1, 0.15) is 10.4 Å². The number of anilines is 1. The highest BCUT2D eigenvalue weighted by Crippen LogP contribution is 2.34. The van der Waals surface area contributed by atoms with Crippen molar-refractivity contribution in [1.29, 1.82) is 0 Å². The minimum absolute atomic E-state index is 0.0260. The molecular formula is C28H20F4N4O4. The summed E-state index contributed by atoms with van der Waals surface area (Å²) >= 11 is 0. The molecule has 0 aliphatic rings. The molecule has 0 aliphatic carbocycles. The van der Waals surface area contributed by atoms with Gasteiger partial charge in [-0.2, -0.15) is 13.5 Å². The van der Waals surface area contributed by atoms with Crippen molar-refractivity contribution in [1.82, 2.24) is 14.3 Å². The van der Waals surface area contributed by atoms with Gasteiger partial charge in [-0.25, -0.2) is 13.8 Å². The Hall–Kier alpha value is -5.13. The third kappa shape index (κ3) is 4.86. The van der Waals surface area contributed by atoms with Gasteiger partial charge in [-0.3, -0.25) is 14.3 Å². The predicted octanol–water partition coefficient (Wildman–Crippen LogP) is 5.53. The van der Waals surface area contributed by atoms with E-state index in [2.05, 4.69) is 15.0 Å². The number of alkyl halides is 2. The van der Waals surface area contributed by atoms with E-state index in [1.165, 1.54) is 31.0 Å². The van der Waals surface area contributed by atoms with Crippen molar-refractivity contribution in [2.24, 2.45) is 7.05 Å². The number of fused-ring (bicyclic) bond motifs is 1. The molecule has 5 aromatic rings. The summed E-state index contributed by atoms with van der Waals surface area (Å²) in [4.78, 5) is 31.3. The van der Waals surface area contributed by atoms with Crippen LogP contribution < -0.4 is 20.3 Å². The van der Waals surface area contributed by atoms with Crippen LogP contribution in [0.25, 0.3) is 28.0 Å². The molecule has 0 aliphatic heterocycles. The first kappa shape index (κ1) is 26.5. The number of para-hydroxylation sites is 1. The van der Waals surface area contributed by atoms with Gasteiger partial charge in [0.1, 0.15) is 34.5 Å². The van der Waals surface area contributed by atoms with E-state index in [9.17, 15) is 18.4 Å². The Morgan fingerprint density at radius 2 is 1.62 bits per heavy atom. The number of halogens is 4.